The number of nitrogens with one attached hydrogen (secondary N) is 1. The van der Waals surface area contributed by atoms with Crippen molar-refractivity contribution < 1.29 is 15.0 Å². The lowest BCUT2D eigenvalue weighted by molar-refractivity contribution is -0.123. The first-order chi connectivity index (χ1) is 28.2. The Hall–Kier alpha value is -2.69. The zero-order valence-electron chi connectivity index (χ0n) is 37.3. The highest BCUT2D eigenvalue weighted by molar-refractivity contribution is 5.76. The summed E-state index contributed by atoms with van der Waals surface area (Å²) in [6.45, 7) is 4.17. The Morgan fingerprint density at radius 1 is 0.439 bits per heavy atom. The molecule has 0 aliphatic heterocycles. The van der Waals surface area contributed by atoms with Crippen molar-refractivity contribution in [3.63, 3.8) is 0 Å². The molecule has 0 spiro atoms. The summed E-state index contributed by atoms with van der Waals surface area (Å²) < 4.78 is 0. The van der Waals surface area contributed by atoms with E-state index in [0.29, 0.717) is 6.42 Å². The van der Waals surface area contributed by atoms with Gasteiger partial charge in [0.15, 0.2) is 0 Å². The van der Waals surface area contributed by atoms with Gasteiger partial charge in [-0.1, -0.05) is 220 Å². The third-order valence-electron chi connectivity index (χ3n) is 10.3. The van der Waals surface area contributed by atoms with E-state index in [1.54, 1.807) is 6.08 Å². The fourth-order valence-electron chi connectivity index (χ4n) is 6.67. The number of hydrogen-bond donors (Lipinski definition) is 3. The van der Waals surface area contributed by atoms with E-state index in [9.17, 15) is 15.0 Å². The topological polar surface area (TPSA) is 69.6 Å². The van der Waals surface area contributed by atoms with Gasteiger partial charge in [-0.05, 0) is 83.5 Å². The fraction of sp³-hybridized carbons (Fsp3) is 0.679. The Morgan fingerprint density at radius 2 is 0.789 bits per heavy atom. The molecule has 4 heteroatoms. The standard InChI is InChI=1S/C53H91NO3/c1-3-5-7-9-11-13-15-17-19-21-23-25-26-27-28-29-31-33-35-37-39-41-43-45-47-49-53(57)54-51(50-55)52(56)48-46-44-42-40-38-36-34-32-30-24-22-20-18-16-14-12-10-8-6-4-2/h5,7,11,13,17,19,23,25,27-28,31,33,38,40,46,48,51-52,55-56H,3-4,6,8-10,12,14-16,18,20-22,24,26,29-30,32,34-37,39,41-45,47,49-50H2,1-2H3,(H,54,57)/b7-5-,13-11-,19-17-,25-23-,28-27-,33-31-,40-38+,48-46+. The first kappa shape index (κ1) is 54.3. The van der Waals surface area contributed by atoms with Crippen molar-refractivity contribution in [2.75, 3.05) is 6.61 Å². The van der Waals surface area contributed by atoms with Crippen LogP contribution >= 0.6 is 0 Å². The number of hydrogen-bond acceptors (Lipinski definition) is 3. The summed E-state index contributed by atoms with van der Waals surface area (Å²) in [6.07, 6.45) is 70.9. The number of aliphatic hydroxyl groups excluding tert-OH is 2. The average Bonchev–Trinajstić information content (AvgIpc) is 3.22. The van der Waals surface area contributed by atoms with Crippen LogP contribution in [0, 0.1) is 0 Å². The lowest BCUT2D eigenvalue weighted by Gasteiger charge is -2.19. The van der Waals surface area contributed by atoms with E-state index in [0.717, 1.165) is 83.5 Å². The molecular weight excluding hydrogens is 699 g/mol. The summed E-state index contributed by atoms with van der Waals surface area (Å²) in [4.78, 5) is 12.4. The lowest BCUT2D eigenvalue weighted by atomic mass is 10.0. The Morgan fingerprint density at radius 3 is 1.23 bits per heavy atom. The van der Waals surface area contributed by atoms with Gasteiger partial charge in [-0.15, -0.1) is 0 Å². The third kappa shape index (κ3) is 44.3. The number of carbonyl (C=O) groups is 1. The van der Waals surface area contributed by atoms with Crippen LogP contribution in [0.5, 0.6) is 0 Å². The van der Waals surface area contributed by atoms with E-state index in [2.05, 4.69) is 104 Å². The molecule has 0 aliphatic rings. The molecule has 0 aromatic carbocycles. The van der Waals surface area contributed by atoms with E-state index >= 15 is 0 Å². The SMILES string of the molecule is CC/C=C\C/C=C\C/C=C\C/C=C\C/C=C\C/C=C\CCCCCCCCC(=O)NC(CO)C(O)/C=C/CC/C=C/CCCCCCCCCCCCCCCC. The monoisotopic (exact) mass is 790 g/mol. The van der Waals surface area contributed by atoms with Gasteiger partial charge in [0, 0.05) is 6.42 Å². The van der Waals surface area contributed by atoms with Gasteiger partial charge in [-0.25, -0.2) is 0 Å². The van der Waals surface area contributed by atoms with Gasteiger partial charge in [0.1, 0.15) is 0 Å². The molecule has 57 heavy (non-hydrogen) atoms. The van der Waals surface area contributed by atoms with Crippen LogP contribution < -0.4 is 5.32 Å². The van der Waals surface area contributed by atoms with Gasteiger partial charge in [0.2, 0.25) is 5.91 Å². The van der Waals surface area contributed by atoms with Crippen LogP contribution in [0.2, 0.25) is 0 Å². The van der Waals surface area contributed by atoms with Crippen LogP contribution in [0.1, 0.15) is 213 Å². The van der Waals surface area contributed by atoms with Gasteiger partial charge in [0.05, 0.1) is 18.8 Å². The van der Waals surface area contributed by atoms with Crippen molar-refractivity contribution in [2.45, 2.75) is 225 Å². The summed E-state index contributed by atoms with van der Waals surface area (Å²) in [5.41, 5.74) is 0. The molecule has 0 saturated heterocycles. The zero-order chi connectivity index (χ0) is 41.4. The molecule has 0 radical (unpaired) electrons. The molecule has 3 N–H and O–H groups in total. The predicted octanol–water partition coefficient (Wildman–Crippen LogP) is 15.4. The van der Waals surface area contributed by atoms with Crippen LogP contribution in [0.25, 0.3) is 0 Å². The van der Waals surface area contributed by atoms with Gasteiger partial charge < -0.3 is 15.5 Å². The van der Waals surface area contributed by atoms with Gasteiger partial charge in [-0.3, -0.25) is 4.79 Å². The Balaban J connectivity index is 3.68. The summed E-state index contributed by atoms with van der Waals surface area (Å²) in [5.74, 6) is -0.0921. The molecule has 0 bridgehead atoms. The maximum atomic E-state index is 12.4. The van der Waals surface area contributed by atoms with E-state index < -0.39 is 12.1 Å². The van der Waals surface area contributed by atoms with Crippen molar-refractivity contribution in [3.05, 3.63) is 97.2 Å². The quantitative estimate of drug-likeness (QED) is 0.0426. The van der Waals surface area contributed by atoms with Crippen molar-refractivity contribution in [1.29, 1.82) is 0 Å². The molecule has 0 aromatic rings. The van der Waals surface area contributed by atoms with E-state index in [4.69, 9.17) is 0 Å². The van der Waals surface area contributed by atoms with Gasteiger partial charge >= 0.3 is 0 Å². The van der Waals surface area contributed by atoms with Crippen molar-refractivity contribution in [2.24, 2.45) is 0 Å². The highest BCUT2D eigenvalue weighted by Crippen LogP contribution is 2.14. The molecule has 0 aromatic heterocycles. The minimum absolute atomic E-state index is 0.0921. The van der Waals surface area contributed by atoms with Crippen molar-refractivity contribution in [1.82, 2.24) is 5.32 Å². The minimum atomic E-state index is -0.875. The maximum Gasteiger partial charge on any atom is 0.220 e. The first-order valence-corrected chi connectivity index (χ1v) is 24.0. The Labute approximate surface area is 353 Å². The van der Waals surface area contributed by atoms with E-state index in [1.165, 1.54) is 109 Å². The molecular formula is C53H91NO3. The highest BCUT2D eigenvalue weighted by atomic mass is 16.3. The second-order valence-electron chi connectivity index (χ2n) is 15.8. The molecule has 1 amide bonds. The number of allylic oxidation sites excluding steroid dienone is 15. The van der Waals surface area contributed by atoms with Crippen LogP contribution in [0.15, 0.2) is 97.2 Å². The molecule has 0 fully saturated rings. The van der Waals surface area contributed by atoms with Crippen LogP contribution in [-0.4, -0.2) is 34.9 Å². The van der Waals surface area contributed by atoms with Crippen molar-refractivity contribution >= 4 is 5.91 Å². The van der Waals surface area contributed by atoms with E-state index in [1.807, 2.05) is 6.08 Å². The lowest BCUT2D eigenvalue weighted by Crippen LogP contribution is -2.45. The summed E-state index contributed by atoms with van der Waals surface area (Å²) >= 11 is 0. The number of amides is 1. The Kier molecular flexibility index (Phi) is 45.4. The summed E-state index contributed by atoms with van der Waals surface area (Å²) in [7, 11) is 0. The normalized spacial score (nSPS) is 13.8. The number of aliphatic hydroxyl groups is 2. The maximum absolute atomic E-state index is 12.4. The molecule has 0 saturated carbocycles. The average molecular weight is 790 g/mol. The third-order valence-corrected chi connectivity index (χ3v) is 10.3. The molecule has 0 aliphatic carbocycles. The fourth-order valence-corrected chi connectivity index (χ4v) is 6.67. The van der Waals surface area contributed by atoms with Crippen LogP contribution in [-0.2, 0) is 4.79 Å². The summed E-state index contributed by atoms with van der Waals surface area (Å²) in [5, 5.41) is 23.0. The van der Waals surface area contributed by atoms with E-state index in [-0.39, 0.29) is 12.5 Å². The molecule has 2 atom stereocenters. The zero-order valence-corrected chi connectivity index (χ0v) is 37.3. The molecule has 4 nitrogen and oxygen atoms in total. The van der Waals surface area contributed by atoms with Crippen LogP contribution in [0.3, 0.4) is 0 Å². The number of carbonyl (C=O) groups excluding carboxylic acids is 1. The highest BCUT2D eigenvalue weighted by Gasteiger charge is 2.17. The second-order valence-corrected chi connectivity index (χ2v) is 15.8. The molecule has 0 heterocycles. The second kappa shape index (κ2) is 47.7. The minimum Gasteiger partial charge on any atom is -0.394 e. The predicted molar refractivity (Wildman–Crippen MR) is 253 cm³/mol. The smallest absolute Gasteiger partial charge is 0.220 e. The number of unbranched alkanes of at least 4 members (excludes halogenated alkanes) is 21. The first-order valence-electron chi connectivity index (χ1n) is 24.0. The van der Waals surface area contributed by atoms with Crippen LogP contribution in [0.4, 0.5) is 0 Å². The van der Waals surface area contributed by atoms with Gasteiger partial charge in [0.25, 0.3) is 0 Å². The molecule has 2 unspecified atom stereocenters. The largest absolute Gasteiger partial charge is 0.394 e. The van der Waals surface area contributed by atoms with Crippen molar-refractivity contribution in [3.8, 4) is 0 Å². The Bertz CT molecular complexity index is 1080. The molecule has 326 valence electrons. The molecule has 0 rings (SSSR count). The van der Waals surface area contributed by atoms with Gasteiger partial charge in [-0.2, -0.15) is 0 Å². The summed E-state index contributed by atoms with van der Waals surface area (Å²) in [6, 6.07) is -0.654. The number of rotatable bonds is 42.